The predicted octanol–water partition coefficient (Wildman–Crippen LogP) is 0.392. The van der Waals surface area contributed by atoms with Crippen LogP contribution in [0.15, 0.2) is 30.3 Å². The average Bonchev–Trinajstić information content (AvgIpc) is 3.15. The zero-order chi connectivity index (χ0) is 13.1. The highest BCUT2D eigenvalue weighted by Gasteiger charge is 2.37. The van der Waals surface area contributed by atoms with Crippen LogP contribution < -0.4 is 5.32 Å². The standard InChI is InChI=1S/C14H20BN2O2/c18-7-6-12-9-17(8-11-4-2-1-3-5-11)10-13(12)16-14-15-19-14/h1-5,12-14,16,18H,6-10H2/t12-,13-,14?/m0/s1. The molecule has 0 saturated carbocycles. The first kappa shape index (κ1) is 13.1. The third kappa shape index (κ3) is 3.57. The second kappa shape index (κ2) is 6.05. The molecular weight excluding hydrogens is 239 g/mol. The minimum absolute atomic E-state index is 0.128. The predicted molar refractivity (Wildman–Crippen MR) is 74.5 cm³/mol. The molecule has 1 aromatic carbocycles. The van der Waals surface area contributed by atoms with E-state index in [-0.39, 0.29) is 12.7 Å². The summed E-state index contributed by atoms with van der Waals surface area (Å²) < 4.78 is 5.13. The molecule has 2 aliphatic rings. The maximum atomic E-state index is 9.18. The normalized spacial score (nSPS) is 30.3. The van der Waals surface area contributed by atoms with Gasteiger partial charge >= 0.3 is 7.48 Å². The maximum Gasteiger partial charge on any atom is 0.342 e. The monoisotopic (exact) mass is 259 g/mol. The van der Waals surface area contributed by atoms with Gasteiger partial charge in [0.15, 0.2) is 0 Å². The molecule has 5 heteroatoms. The van der Waals surface area contributed by atoms with Crippen molar-refractivity contribution in [2.45, 2.75) is 25.1 Å². The zero-order valence-corrected chi connectivity index (χ0v) is 11.0. The van der Waals surface area contributed by atoms with Crippen molar-refractivity contribution in [3.63, 3.8) is 0 Å². The SMILES string of the molecule is OCC[C@H]1CN(Cc2ccccc2)C[C@@H]1NC1[B]O1. The Morgan fingerprint density at radius 2 is 2.11 bits per heavy atom. The van der Waals surface area contributed by atoms with Crippen LogP contribution in [0.1, 0.15) is 12.0 Å². The van der Waals surface area contributed by atoms with Gasteiger partial charge in [-0.1, -0.05) is 30.3 Å². The molecule has 4 nitrogen and oxygen atoms in total. The van der Waals surface area contributed by atoms with Crippen molar-refractivity contribution < 1.29 is 9.76 Å². The van der Waals surface area contributed by atoms with Crippen molar-refractivity contribution in [1.82, 2.24) is 10.2 Å². The average molecular weight is 259 g/mol. The molecule has 0 bridgehead atoms. The molecule has 2 saturated heterocycles. The van der Waals surface area contributed by atoms with Gasteiger partial charge < -0.3 is 9.76 Å². The Bertz CT molecular complexity index is 400. The lowest BCUT2D eigenvalue weighted by atomic mass is 9.99. The maximum absolute atomic E-state index is 9.18. The van der Waals surface area contributed by atoms with Gasteiger partial charge in [-0.15, -0.1) is 0 Å². The Morgan fingerprint density at radius 3 is 2.79 bits per heavy atom. The number of nitrogens with zero attached hydrogens (tertiary/aromatic N) is 1. The van der Waals surface area contributed by atoms with Crippen LogP contribution in [0.25, 0.3) is 0 Å². The number of rotatable bonds is 6. The van der Waals surface area contributed by atoms with Crippen LogP contribution in [0.2, 0.25) is 0 Å². The molecule has 2 aliphatic heterocycles. The van der Waals surface area contributed by atoms with Crippen molar-refractivity contribution in [3.05, 3.63) is 35.9 Å². The van der Waals surface area contributed by atoms with Crippen molar-refractivity contribution in [2.75, 3.05) is 19.7 Å². The van der Waals surface area contributed by atoms with Gasteiger partial charge in [-0.25, -0.2) is 0 Å². The fourth-order valence-electron chi connectivity index (χ4n) is 2.91. The van der Waals surface area contributed by atoms with Gasteiger partial charge in [0.1, 0.15) is 0 Å². The fourth-order valence-corrected chi connectivity index (χ4v) is 2.91. The first-order valence-corrected chi connectivity index (χ1v) is 6.97. The van der Waals surface area contributed by atoms with Gasteiger partial charge in [0.25, 0.3) is 0 Å². The molecule has 0 spiro atoms. The van der Waals surface area contributed by atoms with Crippen LogP contribution in [-0.4, -0.2) is 49.4 Å². The van der Waals surface area contributed by atoms with Gasteiger partial charge in [0, 0.05) is 32.3 Å². The quantitative estimate of drug-likeness (QED) is 0.573. The van der Waals surface area contributed by atoms with Gasteiger partial charge in [-0.2, -0.15) is 0 Å². The summed E-state index contributed by atoms with van der Waals surface area (Å²) in [6.07, 6.45) is 0.984. The Kier molecular flexibility index (Phi) is 4.18. The molecule has 3 rings (SSSR count). The number of likely N-dealkylation sites (tertiary alicyclic amines) is 1. The molecule has 1 unspecified atom stereocenters. The molecule has 19 heavy (non-hydrogen) atoms. The second-order valence-corrected chi connectivity index (χ2v) is 5.42. The number of hydrogen-bond donors (Lipinski definition) is 2. The first-order valence-electron chi connectivity index (χ1n) is 6.97. The van der Waals surface area contributed by atoms with Crippen LogP contribution >= 0.6 is 0 Å². The zero-order valence-electron chi connectivity index (χ0n) is 11.0. The molecule has 3 atom stereocenters. The number of nitrogens with one attached hydrogen (secondary N) is 1. The van der Waals surface area contributed by atoms with Crippen LogP contribution in [0.4, 0.5) is 0 Å². The van der Waals surface area contributed by atoms with Gasteiger partial charge in [0.2, 0.25) is 0 Å². The molecule has 1 radical (unpaired) electrons. The lowest BCUT2D eigenvalue weighted by Crippen LogP contribution is -2.38. The Morgan fingerprint density at radius 1 is 1.32 bits per heavy atom. The summed E-state index contributed by atoms with van der Waals surface area (Å²) in [4.78, 5) is 2.45. The lowest BCUT2D eigenvalue weighted by Gasteiger charge is -2.17. The van der Waals surface area contributed by atoms with E-state index in [0.29, 0.717) is 12.0 Å². The van der Waals surface area contributed by atoms with E-state index in [1.54, 1.807) is 0 Å². The van der Waals surface area contributed by atoms with E-state index >= 15 is 0 Å². The number of aliphatic hydroxyl groups is 1. The highest BCUT2D eigenvalue weighted by atomic mass is 16.5. The number of aliphatic hydroxyl groups excluding tert-OH is 1. The summed E-state index contributed by atoms with van der Waals surface area (Å²) in [5.74, 6) is 0.506. The van der Waals surface area contributed by atoms with E-state index in [0.717, 1.165) is 26.1 Å². The Labute approximate surface area is 115 Å². The Balaban J connectivity index is 1.57. The summed E-state index contributed by atoms with van der Waals surface area (Å²) in [5, 5.41) is 12.7. The molecule has 101 valence electrons. The van der Waals surface area contributed by atoms with Crippen LogP contribution in [0, 0.1) is 5.92 Å². The van der Waals surface area contributed by atoms with Crippen molar-refractivity contribution in [2.24, 2.45) is 5.92 Å². The van der Waals surface area contributed by atoms with Gasteiger partial charge in [0.05, 0.1) is 6.13 Å². The van der Waals surface area contributed by atoms with E-state index in [1.165, 1.54) is 5.56 Å². The third-order valence-electron chi connectivity index (χ3n) is 3.92. The van der Waals surface area contributed by atoms with Crippen LogP contribution in [-0.2, 0) is 11.2 Å². The minimum atomic E-state index is 0.128. The Hall–Kier alpha value is -0.875. The smallest absolute Gasteiger partial charge is 0.342 e. The van der Waals surface area contributed by atoms with E-state index in [4.69, 9.17) is 4.65 Å². The molecular formula is C14H20BN2O2. The largest absolute Gasteiger partial charge is 0.425 e. The molecule has 2 heterocycles. The first-order chi connectivity index (χ1) is 9.35. The van der Waals surface area contributed by atoms with Gasteiger partial charge in [-0.05, 0) is 17.9 Å². The lowest BCUT2D eigenvalue weighted by molar-refractivity contribution is 0.236. The van der Waals surface area contributed by atoms with Crippen molar-refractivity contribution in [3.8, 4) is 0 Å². The summed E-state index contributed by atoms with van der Waals surface area (Å²) in [7, 11) is 1.82. The number of benzene rings is 1. The fraction of sp³-hybridized carbons (Fsp3) is 0.571. The van der Waals surface area contributed by atoms with E-state index in [2.05, 4.69) is 34.5 Å². The second-order valence-electron chi connectivity index (χ2n) is 5.42. The summed E-state index contributed by atoms with van der Waals surface area (Å²) >= 11 is 0. The van der Waals surface area contributed by atoms with E-state index in [1.807, 2.05) is 13.5 Å². The number of hydrogen-bond acceptors (Lipinski definition) is 4. The van der Waals surface area contributed by atoms with E-state index in [9.17, 15) is 5.11 Å². The van der Waals surface area contributed by atoms with Crippen molar-refractivity contribution >= 4 is 7.48 Å². The van der Waals surface area contributed by atoms with Crippen molar-refractivity contribution in [1.29, 1.82) is 0 Å². The van der Waals surface area contributed by atoms with Gasteiger partial charge in [-0.3, -0.25) is 10.2 Å². The molecule has 0 aromatic heterocycles. The summed E-state index contributed by atoms with van der Waals surface area (Å²) in [6, 6.07) is 11.0. The molecule has 1 aromatic rings. The summed E-state index contributed by atoms with van der Waals surface area (Å²) in [6.45, 7) is 3.31. The van der Waals surface area contributed by atoms with Crippen LogP contribution in [0.5, 0.6) is 0 Å². The topological polar surface area (TPSA) is 48.0 Å². The molecule has 0 aliphatic carbocycles. The highest BCUT2D eigenvalue weighted by molar-refractivity contribution is 6.38. The summed E-state index contributed by atoms with van der Waals surface area (Å²) in [5.41, 5.74) is 1.35. The third-order valence-corrected chi connectivity index (χ3v) is 3.92. The highest BCUT2D eigenvalue weighted by Crippen LogP contribution is 2.23. The van der Waals surface area contributed by atoms with E-state index < -0.39 is 0 Å². The molecule has 2 fully saturated rings. The molecule has 0 amide bonds. The van der Waals surface area contributed by atoms with Crippen LogP contribution in [0.3, 0.4) is 0 Å². The minimum Gasteiger partial charge on any atom is -0.425 e. The molecule has 2 N–H and O–H groups in total.